The summed E-state index contributed by atoms with van der Waals surface area (Å²) >= 11 is 1.11. The molecule has 21 heavy (non-hydrogen) atoms. The van der Waals surface area contributed by atoms with Crippen LogP contribution in [-0.2, 0) is 10.2 Å². The Morgan fingerprint density at radius 3 is 2.67 bits per heavy atom. The van der Waals surface area contributed by atoms with Gasteiger partial charge in [-0.25, -0.2) is 0 Å². The molecule has 0 amide bonds. The number of carbonyl (C=O) groups is 1. The van der Waals surface area contributed by atoms with Crippen LogP contribution in [0.3, 0.4) is 0 Å². The quantitative estimate of drug-likeness (QED) is 0.861. The first-order chi connectivity index (χ1) is 9.96. The zero-order valence-electron chi connectivity index (χ0n) is 12.2. The molecule has 2 atom stereocenters. The van der Waals surface area contributed by atoms with Gasteiger partial charge in [-0.2, -0.15) is 0 Å². The van der Waals surface area contributed by atoms with Gasteiger partial charge in [0, 0.05) is 5.41 Å². The summed E-state index contributed by atoms with van der Waals surface area (Å²) in [6, 6.07) is 0. The number of aromatic nitrogens is 2. The molecule has 0 aliphatic heterocycles. The van der Waals surface area contributed by atoms with Crippen LogP contribution in [0.1, 0.15) is 51.3 Å². The maximum atomic E-state index is 10.6. The molecule has 114 valence electrons. The molecule has 0 radical (unpaired) electrons. The fraction of sp³-hybridized carbons (Fsp3) is 0.800. The predicted octanol–water partition coefficient (Wildman–Crippen LogP) is 3.10. The fourth-order valence-electron chi connectivity index (χ4n) is 5.58. The molecule has 4 aliphatic rings. The van der Waals surface area contributed by atoms with Crippen LogP contribution in [0.25, 0.3) is 0 Å². The third kappa shape index (κ3) is 2.28. The molecule has 0 aromatic carbocycles. The van der Waals surface area contributed by atoms with Gasteiger partial charge >= 0.3 is 5.97 Å². The lowest BCUT2D eigenvalue weighted by Crippen LogP contribution is -2.53. The average molecular weight is 308 g/mol. The molecule has 4 bridgehead atoms. The number of carboxylic acids is 1. The zero-order valence-corrected chi connectivity index (χ0v) is 13.0. The monoisotopic (exact) mass is 308 g/mol. The summed E-state index contributed by atoms with van der Waals surface area (Å²) in [7, 11) is 0. The summed E-state index contributed by atoms with van der Waals surface area (Å²) in [4.78, 5) is 10.6. The lowest BCUT2D eigenvalue weighted by molar-refractivity contribution is -0.133. The third-order valence-corrected chi connectivity index (χ3v) is 6.34. The van der Waals surface area contributed by atoms with Gasteiger partial charge in [-0.15, -0.1) is 10.2 Å². The number of rotatable bonds is 4. The van der Waals surface area contributed by atoms with Crippen LogP contribution in [0.15, 0.2) is 9.64 Å². The standard InChI is InChI=1S/C15H20N2O3S/c1-14-3-9-2-10(4-14)6-15(5-9,8-14)12-16-17-13(20-12)21-7-11(18)19/h9-10H,2-8H2,1H3,(H,18,19). The van der Waals surface area contributed by atoms with E-state index in [0.717, 1.165) is 35.9 Å². The number of hydrogen-bond acceptors (Lipinski definition) is 5. The van der Waals surface area contributed by atoms with Crippen LogP contribution in [0.5, 0.6) is 0 Å². The van der Waals surface area contributed by atoms with Crippen LogP contribution in [0.4, 0.5) is 0 Å². The second-order valence-electron chi connectivity index (χ2n) is 7.61. The predicted molar refractivity (Wildman–Crippen MR) is 77.1 cm³/mol. The van der Waals surface area contributed by atoms with Gasteiger partial charge in [-0.05, 0) is 55.8 Å². The molecule has 4 fully saturated rings. The first-order valence-electron chi connectivity index (χ1n) is 7.65. The minimum absolute atomic E-state index is 0.0302. The summed E-state index contributed by atoms with van der Waals surface area (Å²) in [6.07, 6.45) is 7.55. The second kappa shape index (κ2) is 4.48. The van der Waals surface area contributed by atoms with E-state index >= 15 is 0 Å². The van der Waals surface area contributed by atoms with Crippen molar-refractivity contribution >= 4 is 17.7 Å². The molecule has 1 aromatic heterocycles. The van der Waals surface area contributed by atoms with Crippen molar-refractivity contribution in [1.82, 2.24) is 10.2 Å². The van der Waals surface area contributed by atoms with Gasteiger partial charge in [0.2, 0.25) is 5.89 Å². The highest BCUT2D eigenvalue weighted by Crippen LogP contribution is 2.65. The molecule has 0 spiro atoms. The summed E-state index contributed by atoms with van der Waals surface area (Å²) < 4.78 is 5.84. The molecule has 4 aliphatic carbocycles. The van der Waals surface area contributed by atoms with Crippen LogP contribution < -0.4 is 0 Å². The SMILES string of the molecule is CC12CC3CC(C1)CC(c1nnc(SCC(=O)O)o1)(C3)C2. The number of thioether (sulfide) groups is 1. The van der Waals surface area contributed by atoms with Crippen LogP contribution in [0, 0.1) is 17.3 Å². The average Bonchev–Trinajstić information content (AvgIpc) is 2.82. The van der Waals surface area contributed by atoms with E-state index in [-0.39, 0.29) is 11.2 Å². The van der Waals surface area contributed by atoms with Crippen molar-refractivity contribution in [2.24, 2.45) is 17.3 Å². The van der Waals surface area contributed by atoms with Crippen molar-refractivity contribution < 1.29 is 14.3 Å². The largest absolute Gasteiger partial charge is 0.481 e. The van der Waals surface area contributed by atoms with E-state index in [9.17, 15) is 4.79 Å². The van der Waals surface area contributed by atoms with Crippen molar-refractivity contribution in [2.75, 3.05) is 5.75 Å². The molecular formula is C15H20N2O3S. The van der Waals surface area contributed by atoms with E-state index in [4.69, 9.17) is 9.52 Å². The molecule has 1 aromatic rings. The van der Waals surface area contributed by atoms with Gasteiger partial charge in [-0.1, -0.05) is 18.7 Å². The first kappa shape index (κ1) is 13.6. The molecule has 1 N–H and O–H groups in total. The lowest BCUT2D eigenvalue weighted by atomic mass is 9.44. The third-order valence-electron chi connectivity index (χ3n) is 5.53. The topological polar surface area (TPSA) is 76.2 Å². The molecule has 4 saturated carbocycles. The van der Waals surface area contributed by atoms with Gasteiger partial charge in [0.25, 0.3) is 5.22 Å². The fourth-order valence-corrected chi connectivity index (χ4v) is 6.06. The van der Waals surface area contributed by atoms with Gasteiger partial charge in [0.1, 0.15) is 5.75 Å². The van der Waals surface area contributed by atoms with E-state index in [1.165, 1.54) is 32.1 Å². The summed E-state index contributed by atoms with van der Waals surface area (Å²) in [5, 5.41) is 17.5. The maximum absolute atomic E-state index is 10.6. The molecule has 6 heteroatoms. The summed E-state index contributed by atoms with van der Waals surface area (Å²) in [5.41, 5.74) is 0.501. The minimum Gasteiger partial charge on any atom is -0.481 e. The second-order valence-corrected chi connectivity index (χ2v) is 8.53. The Hall–Kier alpha value is -1.04. The van der Waals surface area contributed by atoms with E-state index < -0.39 is 5.97 Å². The summed E-state index contributed by atoms with van der Waals surface area (Å²) in [5.74, 6) is 1.48. The van der Waals surface area contributed by atoms with Crippen LogP contribution in [0.2, 0.25) is 0 Å². The van der Waals surface area contributed by atoms with Crippen molar-refractivity contribution in [3.63, 3.8) is 0 Å². The minimum atomic E-state index is -0.859. The van der Waals surface area contributed by atoms with Crippen molar-refractivity contribution in [1.29, 1.82) is 0 Å². The molecule has 1 heterocycles. The Labute approximate surface area is 127 Å². The Morgan fingerprint density at radius 1 is 1.33 bits per heavy atom. The van der Waals surface area contributed by atoms with Crippen molar-refractivity contribution in [3.8, 4) is 0 Å². The Balaban J connectivity index is 1.59. The number of aliphatic carboxylic acids is 1. The van der Waals surface area contributed by atoms with E-state index in [1.54, 1.807) is 0 Å². The van der Waals surface area contributed by atoms with Gasteiger partial charge in [-0.3, -0.25) is 4.79 Å². The Morgan fingerprint density at radius 2 is 2.05 bits per heavy atom. The lowest BCUT2D eigenvalue weighted by Gasteiger charge is -2.59. The van der Waals surface area contributed by atoms with Crippen LogP contribution >= 0.6 is 11.8 Å². The summed E-state index contributed by atoms with van der Waals surface area (Å²) in [6.45, 7) is 2.41. The highest BCUT2D eigenvalue weighted by atomic mass is 32.2. The first-order valence-corrected chi connectivity index (χ1v) is 8.64. The van der Waals surface area contributed by atoms with Gasteiger partial charge in [0.15, 0.2) is 0 Å². The van der Waals surface area contributed by atoms with E-state index in [0.29, 0.717) is 10.6 Å². The highest BCUT2D eigenvalue weighted by Gasteiger charge is 2.58. The normalized spacial score (nSPS) is 40.6. The van der Waals surface area contributed by atoms with E-state index in [1.807, 2.05) is 0 Å². The molecule has 0 saturated heterocycles. The Kier molecular flexibility index (Phi) is 2.90. The van der Waals surface area contributed by atoms with Crippen LogP contribution in [-0.4, -0.2) is 27.0 Å². The van der Waals surface area contributed by atoms with Crippen molar-refractivity contribution in [2.45, 2.75) is 56.1 Å². The molecule has 2 unspecified atom stereocenters. The number of carboxylic acid groups (broad SMARTS) is 1. The maximum Gasteiger partial charge on any atom is 0.314 e. The highest BCUT2D eigenvalue weighted by molar-refractivity contribution is 7.99. The number of nitrogens with zero attached hydrogens (tertiary/aromatic N) is 2. The zero-order chi connectivity index (χ0) is 14.7. The van der Waals surface area contributed by atoms with Gasteiger partial charge < -0.3 is 9.52 Å². The molecular weight excluding hydrogens is 288 g/mol. The van der Waals surface area contributed by atoms with E-state index in [2.05, 4.69) is 17.1 Å². The Bertz CT molecular complexity index is 571. The van der Waals surface area contributed by atoms with Crippen molar-refractivity contribution in [3.05, 3.63) is 5.89 Å². The molecule has 5 nitrogen and oxygen atoms in total. The van der Waals surface area contributed by atoms with Gasteiger partial charge in [0.05, 0.1) is 0 Å². The smallest absolute Gasteiger partial charge is 0.314 e. The molecule has 5 rings (SSSR count). The number of hydrogen-bond donors (Lipinski definition) is 1.